The number of carbonyl (C=O) groups is 1. The van der Waals surface area contributed by atoms with Gasteiger partial charge in [0.2, 0.25) is 5.91 Å². The maximum absolute atomic E-state index is 14.4. The monoisotopic (exact) mass is 299 g/mol. The SMILES string of the molecule is CC(=O)NCC1Cc2ccc(F)c(-c3ccccc3C)c2O1. The predicted octanol–water partition coefficient (Wildman–Crippen LogP) is 3.24. The highest BCUT2D eigenvalue weighted by atomic mass is 19.1. The van der Waals surface area contributed by atoms with Crippen molar-refractivity contribution in [3.63, 3.8) is 0 Å². The van der Waals surface area contributed by atoms with Crippen molar-refractivity contribution in [1.29, 1.82) is 0 Å². The number of ether oxygens (including phenoxy) is 1. The lowest BCUT2D eigenvalue weighted by molar-refractivity contribution is -0.119. The largest absolute Gasteiger partial charge is 0.487 e. The van der Waals surface area contributed by atoms with Gasteiger partial charge in [-0.05, 0) is 29.7 Å². The molecular weight excluding hydrogens is 281 g/mol. The third-order valence-corrected chi connectivity index (χ3v) is 3.91. The molecule has 2 aromatic rings. The molecule has 0 aliphatic carbocycles. The molecule has 0 saturated carbocycles. The van der Waals surface area contributed by atoms with Gasteiger partial charge >= 0.3 is 0 Å². The van der Waals surface area contributed by atoms with Crippen LogP contribution in [-0.4, -0.2) is 18.6 Å². The van der Waals surface area contributed by atoms with Crippen molar-refractivity contribution < 1.29 is 13.9 Å². The molecule has 4 heteroatoms. The van der Waals surface area contributed by atoms with Gasteiger partial charge in [-0.3, -0.25) is 4.79 Å². The van der Waals surface area contributed by atoms with Gasteiger partial charge in [0.1, 0.15) is 17.7 Å². The van der Waals surface area contributed by atoms with Gasteiger partial charge in [-0.15, -0.1) is 0 Å². The number of hydrogen-bond donors (Lipinski definition) is 1. The molecule has 1 aliphatic heterocycles. The van der Waals surface area contributed by atoms with Crippen LogP contribution in [0.3, 0.4) is 0 Å². The van der Waals surface area contributed by atoms with E-state index in [9.17, 15) is 9.18 Å². The molecule has 114 valence electrons. The smallest absolute Gasteiger partial charge is 0.217 e. The number of aryl methyl sites for hydroxylation is 1. The normalized spacial score (nSPS) is 16.0. The molecule has 3 nitrogen and oxygen atoms in total. The van der Waals surface area contributed by atoms with Crippen LogP contribution in [0, 0.1) is 12.7 Å². The summed E-state index contributed by atoms with van der Waals surface area (Å²) in [6, 6.07) is 10.9. The Bertz CT molecular complexity index is 727. The lowest BCUT2D eigenvalue weighted by Gasteiger charge is -2.14. The molecule has 1 aliphatic rings. The first kappa shape index (κ1) is 14.6. The van der Waals surface area contributed by atoms with Crippen molar-refractivity contribution in [2.24, 2.45) is 0 Å². The fourth-order valence-corrected chi connectivity index (χ4v) is 2.83. The molecule has 1 N–H and O–H groups in total. The van der Waals surface area contributed by atoms with Crippen LogP contribution in [0.4, 0.5) is 4.39 Å². The van der Waals surface area contributed by atoms with E-state index in [-0.39, 0.29) is 17.8 Å². The Morgan fingerprint density at radius 3 is 2.82 bits per heavy atom. The molecule has 2 aromatic carbocycles. The lowest BCUT2D eigenvalue weighted by Crippen LogP contribution is -2.32. The summed E-state index contributed by atoms with van der Waals surface area (Å²) in [5.74, 6) is 0.225. The minimum Gasteiger partial charge on any atom is -0.487 e. The summed E-state index contributed by atoms with van der Waals surface area (Å²) in [6.45, 7) is 3.86. The van der Waals surface area contributed by atoms with Crippen molar-refractivity contribution in [2.75, 3.05) is 6.54 Å². The maximum atomic E-state index is 14.4. The Morgan fingerprint density at radius 2 is 2.09 bits per heavy atom. The molecule has 1 heterocycles. The van der Waals surface area contributed by atoms with Crippen molar-refractivity contribution in [2.45, 2.75) is 26.4 Å². The highest BCUT2D eigenvalue weighted by Gasteiger charge is 2.28. The van der Waals surface area contributed by atoms with Crippen LogP contribution in [0.1, 0.15) is 18.1 Å². The minimum atomic E-state index is -0.284. The highest BCUT2D eigenvalue weighted by Crippen LogP contribution is 2.41. The fourth-order valence-electron chi connectivity index (χ4n) is 2.83. The molecule has 3 rings (SSSR count). The Balaban J connectivity index is 1.97. The number of rotatable bonds is 3. The van der Waals surface area contributed by atoms with E-state index in [4.69, 9.17) is 4.74 Å². The van der Waals surface area contributed by atoms with E-state index in [1.54, 1.807) is 6.07 Å². The average Bonchev–Trinajstić information content (AvgIpc) is 2.89. The van der Waals surface area contributed by atoms with E-state index in [0.29, 0.717) is 24.3 Å². The van der Waals surface area contributed by atoms with Crippen LogP contribution < -0.4 is 10.1 Å². The molecule has 0 spiro atoms. The standard InChI is InChI=1S/C18H18FNO2/c1-11-5-3-4-6-15(11)17-16(19)8-7-13-9-14(22-18(13)17)10-20-12(2)21/h3-8,14H,9-10H2,1-2H3,(H,20,21). The number of carbonyl (C=O) groups excluding carboxylic acids is 1. The van der Waals surface area contributed by atoms with Crippen LogP contribution in [0.5, 0.6) is 5.75 Å². The van der Waals surface area contributed by atoms with Crippen LogP contribution in [0.2, 0.25) is 0 Å². The second-order valence-corrected chi connectivity index (χ2v) is 5.61. The second kappa shape index (κ2) is 5.79. The topological polar surface area (TPSA) is 38.3 Å². The zero-order chi connectivity index (χ0) is 15.7. The first-order chi connectivity index (χ1) is 10.6. The van der Waals surface area contributed by atoms with Gasteiger partial charge in [0.15, 0.2) is 0 Å². The average molecular weight is 299 g/mol. The van der Waals surface area contributed by atoms with Gasteiger partial charge in [-0.2, -0.15) is 0 Å². The third-order valence-electron chi connectivity index (χ3n) is 3.91. The summed E-state index contributed by atoms with van der Waals surface area (Å²) in [7, 11) is 0. The van der Waals surface area contributed by atoms with Crippen molar-refractivity contribution in [1.82, 2.24) is 5.32 Å². The van der Waals surface area contributed by atoms with Gasteiger partial charge < -0.3 is 10.1 Å². The zero-order valence-electron chi connectivity index (χ0n) is 12.7. The summed E-state index contributed by atoms with van der Waals surface area (Å²) in [5, 5.41) is 2.75. The van der Waals surface area contributed by atoms with E-state index < -0.39 is 0 Å². The Morgan fingerprint density at radius 1 is 1.32 bits per heavy atom. The van der Waals surface area contributed by atoms with E-state index in [1.807, 2.05) is 31.2 Å². The maximum Gasteiger partial charge on any atom is 0.217 e. The molecule has 1 amide bonds. The zero-order valence-corrected chi connectivity index (χ0v) is 12.7. The summed E-state index contributed by atoms with van der Waals surface area (Å²) in [5.41, 5.74) is 3.34. The van der Waals surface area contributed by atoms with Gasteiger partial charge in [0.05, 0.1) is 12.1 Å². The molecule has 22 heavy (non-hydrogen) atoms. The number of fused-ring (bicyclic) bond motifs is 1. The van der Waals surface area contributed by atoms with Crippen molar-refractivity contribution in [3.8, 4) is 16.9 Å². The molecule has 1 unspecified atom stereocenters. The third kappa shape index (κ3) is 2.69. The number of amides is 1. The summed E-state index contributed by atoms with van der Waals surface area (Å²) >= 11 is 0. The molecule has 0 saturated heterocycles. The Labute approximate surface area is 129 Å². The lowest BCUT2D eigenvalue weighted by atomic mass is 9.96. The quantitative estimate of drug-likeness (QED) is 0.945. The van der Waals surface area contributed by atoms with E-state index in [0.717, 1.165) is 16.7 Å². The molecular formula is C18H18FNO2. The molecule has 0 aromatic heterocycles. The fraction of sp³-hybridized carbons (Fsp3) is 0.278. The van der Waals surface area contributed by atoms with Crippen LogP contribution in [0.15, 0.2) is 36.4 Å². The summed E-state index contributed by atoms with van der Waals surface area (Å²) < 4.78 is 20.3. The number of nitrogens with one attached hydrogen (secondary N) is 1. The Hall–Kier alpha value is -2.36. The van der Waals surface area contributed by atoms with E-state index >= 15 is 0 Å². The minimum absolute atomic E-state index is 0.0927. The number of hydrogen-bond acceptors (Lipinski definition) is 2. The number of halogens is 1. The van der Waals surface area contributed by atoms with Gasteiger partial charge in [0.25, 0.3) is 0 Å². The molecule has 0 radical (unpaired) electrons. The van der Waals surface area contributed by atoms with Crippen molar-refractivity contribution in [3.05, 3.63) is 53.3 Å². The summed E-state index contributed by atoms with van der Waals surface area (Å²) in [4.78, 5) is 11.0. The Kier molecular flexibility index (Phi) is 3.84. The number of benzene rings is 2. The van der Waals surface area contributed by atoms with Crippen LogP contribution >= 0.6 is 0 Å². The van der Waals surface area contributed by atoms with Crippen LogP contribution in [-0.2, 0) is 11.2 Å². The van der Waals surface area contributed by atoms with E-state index in [1.165, 1.54) is 13.0 Å². The van der Waals surface area contributed by atoms with Gasteiger partial charge in [0, 0.05) is 13.3 Å². The van der Waals surface area contributed by atoms with Crippen molar-refractivity contribution >= 4 is 5.91 Å². The molecule has 0 fully saturated rings. The first-order valence-electron chi connectivity index (χ1n) is 7.34. The van der Waals surface area contributed by atoms with Gasteiger partial charge in [-0.25, -0.2) is 4.39 Å². The first-order valence-corrected chi connectivity index (χ1v) is 7.34. The molecule has 1 atom stereocenters. The van der Waals surface area contributed by atoms with Gasteiger partial charge in [-0.1, -0.05) is 30.3 Å². The predicted molar refractivity (Wildman–Crippen MR) is 83.4 cm³/mol. The second-order valence-electron chi connectivity index (χ2n) is 5.61. The van der Waals surface area contributed by atoms with Crippen LogP contribution in [0.25, 0.3) is 11.1 Å². The molecule has 0 bridgehead atoms. The van der Waals surface area contributed by atoms with E-state index in [2.05, 4.69) is 5.32 Å². The highest BCUT2D eigenvalue weighted by molar-refractivity contribution is 5.76. The summed E-state index contributed by atoms with van der Waals surface area (Å²) in [6.07, 6.45) is 0.526.